The van der Waals surface area contributed by atoms with Gasteiger partial charge in [-0.25, -0.2) is 4.39 Å². The van der Waals surface area contributed by atoms with Crippen molar-refractivity contribution in [2.75, 3.05) is 33.8 Å². The zero-order valence-electron chi connectivity index (χ0n) is 12.7. The van der Waals surface area contributed by atoms with Gasteiger partial charge >= 0.3 is 0 Å². The van der Waals surface area contributed by atoms with Gasteiger partial charge in [0.15, 0.2) is 0 Å². The van der Waals surface area contributed by atoms with Gasteiger partial charge in [0.2, 0.25) is 5.91 Å². The smallest absolute Gasteiger partial charge is 0.236 e. The normalized spacial score (nSPS) is 10.2. The molecule has 0 saturated heterocycles. The van der Waals surface area contributed by atoms with Gasteiger partial charge in [-0.15, -0.1) is 0 Å². The Morgan fingerprint density at radius 1 is 1.38 bits per heavy atom. The molecular formula is C16H21FN2O2. The van der Waals surface area contributed by atoms with E-state index in [1.165, 1.54) is 11.0 Å². The predicted molar refractivity (Wildman–Crippen MR) is 80.0 cm³/mol. The number of halogens is 1. The summed E-state index contributed by atoms with van der Waals surface area (Å²) in [6.45, 7) is 2.97. The summed E-state index contributed by atoms with van der Waals surface area (Å²) in [5.74, 6) is 4.78. The number of nitrogens with zero attached hydrogens (tertiary/aromatic N) is 2. The van der Waals surface area contributed by atoms with Crippen LogP contribution in [0.1, 0.15) is 18.1 Å². The number of hydrogen-bond acceptors (Lipinski definition) is 3. The largest absolute Gasteiger partial charge is 0.384 e. The number of benzene rings is 1. The first-order valence-corrected chi connectivity index (χ1v) is 6.78. The molecule has 4 nitrogen and oxygen atoms in total. The molecule has 0 unspecified atom stereocenters. The van der Waals surface area contributed by atoms with E-state index in [0.29, 0.717) is 24.2 Å². The number of hydrogen-bond donors (Lipinski definition) is 1. The first kappa shape index (κ1) is 17.2. The van der Waals surface area contributed by atoms with Gasteiger partial charge in [-0.3, -0.25) is 9.69 Å². The van der Waals surface area contributed by atoms with Crippen LogP contribution in [-0.4, -0.2) is 54.6 Å². The van der Waals surface area contributed by atoms with Crippen molar-refractivity contribution in [2.24, 2.45) is 0 Å². The van der Waals surface area contributed by atoms with Crippen LogP contribution in [-0.2, 0) is 11.3 Å². The maximum absolute atomic E-state index is 14.0. The average molecular weight is 292 g/mol. The second-order valence-corrected chi connectivity index (χ2v) is 4.86. The highest BCUT2D eigenvalue weighted by Gasteiger charge is 2.13. The summed E-state index contributed by atoms with van der Waals surface area (Å²) in [7, 11) is 3.40. The van der Waals surface area contributed by atoms with Gasteiger partial charge in [-0.1, -0.05) is 24.8 Å². The lowest BCUT2D eigenvalue weighted by Gasteiger charge is -2.22. The standard InChI is InChI=1S/C16H21FN2O2/c1-4-19(12-16(21)18(2)3)11-14-8-7-13(6-5-9-20)10-15(14)17/h7-8,10,20H,4,9,11-12H2,1-3H3. The maximum atomic E-state index is 14.0. The third kappa shape index (κ3) is 5.54. The molecule has 21 heavy (non-hydrogen) atoms. The molecule has 0 bridgehead atoms. The van der Waals surface area contributed by atoms with Gasteiger partial charge in [0.05, 0.1) is 6.54 Å². The number of carbonyl (C=O) groups excluding carboxylic acids is 1. The highest BCUT2D eigenvalue weighted by Crippen LogP contribution is 2.12. The van der Waals surface area contributed by atoms with Crippen molar-refractivity contribution >= 4 is 5.91 Å². The maximum Gasteiger partial charge on any atom is 0.236 e. The van der Waals surface area contributed by atoms with Crippen molar-refractivity contribution in [2.45, 2.75) is 13.5 Å². The Morgan fingerprint density at radius 2 is 2.10 bits per heavy atom. The van der Waals surface area contributed by atoms with Gasteiger partial charge in [-0.2, -0.15) is 0 Å². The van der Waals surface area contributed by atoms with E-state index < -0.39 is 0 Å². The van der Waals surface area contributed by atoms with E-state index in [0.717, 1.165) is 0 Å². The number of aliphatic hydroxyl groups excluding tert-OH is 1. The Labute approximate surface area is 125 Å². The van der Waals surface area contributed by atoms with E-state index >= 15 is 0 Å². The Morgan fingerprint density at radius 3 is 2.62 bits per heavy atom. The summed E-state index contributed by atoms with van der Waals surface area (Å²) in [4.78, 5) is 15.1. The molecule has 0 aliphatic carbocycles. The lowest BCUT2D eigenvalue weighted by molar-refractivity contribution is -0.130. The topological polar surface area (TPSA) is 43.8 Å². The monoisotopic (exact) mass is 292 g/mol. The van der Waals surface area contributed by atoms with Crippen LogP contribution < -0.4 is 0 Å². The molecule has 0 aromatic heterocycles. The van der Waals surface area contributed by atoms with Gasteiger partial charge in [0, 0.05) is 31.8 Å². The van der Waals surface area contributed by atoms with Gasteiger partial charge in [0.1, 0.15) is 12.4 Å². The first-order chi connectivity index (χ1) is 9.97. The van der Waals surface area contributed by atoms with E-state index in [-0.39, 0.29) is 24.9 Å². The molecule has 1 amide bonds. The highest BCUT2D eigenvalue weighted by molar-refractivity contribution is 5.77. The van der Waals surface area contributed by atoms with Crippen molar-refractivity contribution in [3.8, 4) is 11.8 Å². The molecule has 0 radical (unpaired) electrons. The van der Waals surface area contributed by atoms with E-state index in [4.69, 9.17) is 5.11 Å². The molecule has 0 aliphatic rings. The molecular weight excluding hydrogens is 271 g/mol. The molecule has 0 fully saturated rings. The molecule has 0 aliphatic heterocycles. The molecule has 5 heteroatoms. The highest BCUT2D eigenvalue weighted by atomic mass is 19.1. The van der Waals surface area contributed by atoms with E-state index in [1.807, 2.05) is 11.8 Å². The van der Waals surface area contributed by atoms with Crippen molar-refractivity contribution in [1.29, 1.82) is 0 Å². The van der Waals surface area contributed by atoms with E-state index in [9.17, 15) is 9.18 Å². The van der Waals surface area contributed by atoms with Crippen molar-refractivity contribution in [3.05, 3.63) is 35.1 Å². The second-order valence-electron chi connectivity index (χ2n) is 4.86. The Hall–Kier alpha value is -1.90. The lowest BCUT2D eigenvalue weighted by atomic mass is 10.1. The number of amides is 1. The SMILES string of the molecule is CCN(CC(=O)N(C)C)Cc1ccc(C#CCO)cc1F. The fraction of sp³-hybridized carbons (Fsp3) is 0.438. The number of likely N-dealkylation sites (N-methyl/N-ethyl adjacent to an activating group) is 2. The van der Waals surface area contributed by atoms with Crippen molar-refractivity contribution in [3.63, 3.8) is 0 Å². The number of aliphatic hydroxyl groups is 1. The Kier molecular flexibility index (Phi) is 6.86. The van der Waals surface area contributed by atoms with E-state index in [1.54, 1.807) is 26.2 Å². The van der Waals surface area contributed by atoms with Crippen LogP contribution in [0.15, 0.2) is 18.2 Å². The zero-order valence-corrected chi connectivity index (χ0v) is 12.7. The predicted octanol–water partition coefficient (Wildman–Crippen LogP) is 1.08. The quantitative estimate of drug-likeness (QED) is 0.826. The summed E-state index contributed by atoms with van der Waals surface area (Å²) in [6, 6.07) is 4.72. The molecule has 0 saturated carbocycles. The zero-order chi connectivity index (χ0) is 15.8. The molecule has 0 spiro atoms. The fourth-order valence-corrected chi connectivity index (χ4v) is 1.75. The van der Waals surface area contributed by atoms with Gasteiger partial charge in [0.25, 0.3) is 0 Å². The minimum Gasteiger partial charge on any atom is -0.384 e. The number of rotatable bonds is 5. The van der Waals surface area contributed by atoms with Crippen LogP contribution in [0.4, 0.5) is 4.39 Å². The summed E-state index contributed by atoms with van der Waals surface area (Å²) < 4.78 is 14.0. The Bertz CT molecular complexity index is 547. The molecule has 1 aromatic carbocycles. The Balaban J connectivity index is 2.79. The second kappa shape index (κ2) is 8.40. The average Bonchev–Trinajstić information content (AvgIpc) is 2.46. The molecule has 0 atom stereocenters. The molecule has 1 N–H and O–H groups in total. The van der Waals surface area contributed by atoms with Crippen molar-refractivity contribution in [1.82, 2.24) is 9.80 Å². The minimum atomic E-state index is -0.351. The van der Waals surface area contributed by atoms with Crippen LogP contribution in [0.3, 0.4) is 0 Å². The third-order valence-electron chi connectivity index (χ3n) is 3.06. The van der Waals surface area contributed by atoms with Crippen LogP contribution in [0.2, 0.25) is 0 Å². The summed E-state index contributed by atoms with van der Waals surface area (Å²) in [5.41, 5.74) is 1.05. The lowest BCUT2D eigenvalue weighted by Crippen LogP contribution is -2.36. The fourth-order valence-electron chi connectivity index (χ4n) is 1.75. The van der Waals surface area contributed by atoms with Crippen LogP contribution in [0.5, 0.6) is 0 Å². The molecule has 114 valence electrons. The molecule has 1 rings (SSSR count). The summed E-state index contributed by atoms with van der Waals surface area (Å²) in [6.07, 6.45) is 0. The summed E-state index contributed by atoms with van der Waals surface area (Å²) >= 11 is 0. The third-order valence-corrected chi connectivity index (χ3v) is 3.06. The van der Waals surface area contributed by atoms with Crippen LogP contribution in [0, 0.1) is 17.7 Å². The van der Waals surface area contributed by atoms with Crippen molar-refractivity contribution < 1.29 is 14.3 Å². The van der Waals surface area contributed by atoms with E-state index in [2.05, 4.69) is 11.8 Å². The van der Waals surface area contributed by atoms with Gasteiger partial charge < -0.3 is 10.0 Å². The van der Waals surface area contributed by atoms with Crippen LogP contribution in [0.25, 0.3) is 0 Å². The molecule has 0 heterocycles. The number of carbonyl (C=O) groups is 1. The van der Waals surface area contributed by atoms with Gasteiger partial charge in [-0.05, 0) is 18.7 Å². The molecule has 1 aromatic rings. The summed E-state index contributed by atoms with van der Waals surface area (Å²) in [5, 5.41) is 8.62. The minimum absolute atomic E-state index is 0.0114. The van der Waals surface area contributed by atoms with Crippen LogP contribution >= 0.6 is 0 Å². The first-order valence-electron chi connectivity index (χ1n) is 6.78.